The van der Waals surface area contributed by atoms with E-state index in [1.165, 1.54) is 6.33 Å². The van der Waals surface area contributed by atoms with Crippen molar-refractivity contribution in [2.24, 2.45) is 5.73 Å². The third kappa shape index (κ3) is 3.88. The number of carbonyl (C=O) groups is 1. The molecule has 1 unspecified atom stereocenters. The van der Waals surface area contributed by atoms with Crippen LogP contribution in [-0.4, -0.2) is 26.2 Å². The second kappa shape index (κ2) is 6.49. The first-order valence-corrected chi connectivity index (χ1v) is 7.04. The van der Waals surface area contributed by atoms with Gasteiger partial charge in [-0.3, -0.25) is 4.79 Å². The third-order valence-electron chi connectivity index (χ3n) is 3.33. The lowest BCUT2D eigenvalue weighted by Crippen LogP contribution is -2.51. The minimum Gasteiger partial charge on any atom is -0.350 e. The predicted octanol–water partition coefficient (Wildman–Crippen LogP) is 1.40. The molecule has 1 aromatic heterocycles. The van der Waals surface area contributed by atoms with Crippen LogP contribution < -0.4 is 11.1 Å². The Bertz CT molecular complexity index is 592. The molecule has 2 aromatic rings. The number of nitrogens with one attached hydrogen (secondary N) is 1. The highest BCUT2D eigenvalue weighted by atomic mass is 16.2. The minimum absolute atomic E-state index is 0.129. The quantitative estimate of drug-likeness (QED) is 0.841. The first kappa shape index (κ1) is 15.2. The van der Waals surface area contributed by atoms with Crippen molar-refractivity contribution in [1.29, 1.82) is 0 Å². The van der Waals surface area contributed by atoms with Gasteiger partial charge in [0, 0.05) is 6.54 Å². The Balaban J connectivity index is 2.01. The number of hydrogen-bond donors (Lipinski definition) is 2. The van der Waals surface area contributed by atoms with Gasteiger partial charge >= 0.3 is 0 Å². The molecule has 0 saturated heterocycles. The average molecular weight is 287 g/mol. The first-order valence-electron chi connectivity index (χ1n) is 7.04. The van der Waals surface area contributed by atoms with Crippen molar-refractivity contribution < 1.29 is 4.79 Å². The Morgan fingerprint density at radius 1 is 1.48 bits per heavy atom. The number of benzene rings is 1. The van der Waals surface area contributed by atoms with Crippen molar-refractivity contribution in [3.8, 4) is 5.69 Å². The summed E-state index contributed by atoms with van der Waals surface area (Å²) >= 11 is 0. The first-order chi connectivity index (χ1) is 10.0. The molecule has 0 aliphatic heterocycles. The van der Waals surface area contributed by atoms with E-state index >= 15 is 0 Å². The Morgan fingerprint density at radius 2 is 2.29 bits per heavy atom. The van der Waals surface area contributed by atoms with Crippen molar-refractivity contribution in [2.45, 2.75) is 38.8 Å². The van der Waals surface area contributed by atoms with Gasteiger partial charge in [0.05, 0.1) is 11.2 Å². The molecule has 0 radical (unpaired) electrons. The largest absolute Gasteiger partial charge is 0.350 e. The third-order valence-corrected chi connectivity index (χ3v) is 3.33. The highest BCUT2D eigenvalue weighted by Crippen LogP contribution is 2.11. The number of aromatic nitrogens is 3. The number of amides is 1. The fraction of sp³-hybridized carbons (Fsp3) is 0.400. The van der Waals surface area contributed by atoms with Gasteiger partial charge in [0.25, 0.3) is 0 Å². The maximum Gasteiger partial charge on any atom is 0.240 e. The molecule has 1 heterocycles. The summed E-state index contributed by atoms with van der Waals surface area (Å²) in [6.45, 7) is 4.22. The van der Waals surface area contributed by atoms with Crippen molar-refractivity contribution in [3.05, 3.63) is 42.5 Å². The van der Waals surface area contributed by atoms with Gasteiger partial charge in [0.1, 0.15) is 12.7 Å². The maximum absolute atomic E-state index is 12.1. The molecule has 0 spiro atoms. The zero-order valence-corrected chi connectivity index (χ0v) is 12.4. The molecular weight excluding hydrogens is 266 g/mol. The summed E-state index contributed by atoms with van der Waals surface area (Å²) in [7, 11) is 0. The summed E-state index contributed by atoms with van der Waals surface area (Å²) in [6, 6.07) is 7.77. The van der Waals surface area contributed by atoms with Gasteiger partial charge in [0.15, 0.2) is 0 Å². The second-order valence-corrected chi connectivity index (χ2v) is 5.36. The van der Waals surface area contributed by atoms with E-state index < -0.39 is 5.54 Å². The van der Waals surface area contributed by atoms with Gasteiger partial charge in [-0.15, -0.1) is 0 Å². The van der Waals surface area contributed by atoms with Crippen molar-refractivity contribution in [1.82, 2.24) is 20.1 Å². The van der Waals surface area contributed by atoms with E-state index in [1.54, 1.807) is 17.9 Å². The molecule has 6 nitrogen and oxygen atoms in total. The van der Waals surface area contributed by atoms with Crippen LogP contribution in [0, 0.1) is 0 Å². The van der Waals surface area contributed by atoms with E-state index in [2.05, 4.69) is 15.4 Å². The second-order valence-electron chi connectivity index (χ2n) is 5.36. The molecule has 0 aliphatic rings. The molecule has 112 valence electrons. The molecule has 0 bridgehead atoms. The molecular formula is C15H21N5O. The molecule has 2 rings (SSSR count). The van der Waals surface area contributed by atoms with Crippen LogP contribution in [0.4, 0.5) is 0 Å². The van der Waals surface area contributed by atoms with Crippen LogP contribution in [0.5, 0.6) is 0 Å². The number of hydrogen-bond acceptors (Lipinski definition) is 4. The van der Waals surface area contributed by atoms with Crippen LogP contribution in [0.15, 0.2) is 36.9 Å². The lowest BCUT2D eigenvalue weighted by Gasteiger charge is -2.22. The monoisotopic (exact) mass is 287 g/mol. The Hall–Kier alpha value is -2.21. The number of carbonyl (C=O) groups excluding carboxylic acids is 1. The Kier molecular flexibility index (Phi) is 4.70. The topological polar surface area (TPSA) is 85.8 Å². The fourth-order valence-electron chi connectivity index (χ4n) is 2.17. The van der Waals surface area contributed by atoms with Crippen LogP contribution >= 0.6 is 0 Å². The SMILES string of the molecule is CCCC(C)(N)C(=O)NCc1cccc(-n2cncn2)c1. The highest BCUT2D eigenvalue weighted by molar-refractivity contribution is 5.85. The summed E-state index contributed by atoms with van der Waals surface area (Å²) in [5, 5.41) is 6.97. The van der Waals surface area contributed by atoms with Gasteiger partial charge in [-0.1, -0.05) is 25.5 Å². The van der Waals surface area contributed by atoms with Crippen molar-refractivity contribution >= 4 is 5.91 Å². The summed E-state index contributed by atoms with van der Waals surface area (Å²) in [5.74, 6) is -0.129. The summed E-state index contributed by atoms with van der Waals surface area (Å²) < 4.78 is 1.68. The maximum atomic E-state index is 12.1. The molecule has 1 atom stereocenters. The van der Waals surface area contributed by atoms with Crippen LogP contribution in [0.3, 0.4) is 0 Å². The van der Waals surface area contributed by atoms with E-state index in [9.17, 15) is 4.79 Å². The van der Waals surface area contributed by atoms with E-state index in [1.807, 2.05) is 31.2 Å². The molecule has 1 amide bonds. The molecule has 0 fully saturated rings. The van der Waals surface area contributed by atoms with Crippen LogP contribution in [0.1, 0.15) is 32.3 Å². The Morgan fingerprint density at radius 3 is 2.95 bits per heavy atom. The number of nitrogens with two attached hydrogens (primary N) is 1. The van der Waals surface area contributed by atoms with Gasteiger partial charge in [-0.05, 0) is 31.0 Å². The van der Waals surface area contributed by atoms with E-state index in [0.717, 1.165) is 17.7 Å². The Labute approximate surface area is 124 Å². The van der Waals surface area contributed by atoms with Gasteiger partial charge in [-0.25, -0.2) is 9.67 Å². The molecule has 6 heteroatoms. The van der Waals surface area contributed by atoms with E-state index in [4.69, 9.17) is 5.73 Å². The van der Waals surface area contributed by atoms with Gasteiger partial charge in [0.2, 0.25) is 5.91 Å². The fourth-order valence-corrected chi connectivity index (χ4v) is 2.17. The molecule has 1 aromatic carbocycles. The van der Waals surface area contributed by atoms with Gasteiger partial charge < -0.3 is 11.1 Å². The number of rotatable bonds is 6. The van der Waals surface area contributed by atoms with Crippen molar-refractivity contribution in [3.63, 3.8) is 0 Å². The normalized spacial score (nSPS) is 13.7. The molecule has 3 N–H and O–H groups in total. The molecule has 21 heavy (non-hydrogen) atoms. The van der Waals surface area contributed by atoms with E-state index in [0.29, 0.717) is 13.0 Å². The standard InChI is InChI=1S/C15H21N5O/c1-3-7-15(2,16)14(21)18-9-12-5-4-6-13(8-12)20-11-17-10-19-20/h4-6,8,10-11H,3,7,9,16H2,1-2H3,(H,18,21). The lowest BCUT2D eigenvalue weighted by molar-refractivity contribution is -0.126. The lowest BCUT2D eigenvalue weighted by atomic mass is 9.96. The van der Waals surface area contributed by atoms with Crippen molar-refractivity contribution in [2.75, 3.05) is 0 Å². The minimum atomic E-state index is -0.821. The zero-order valence-electron chi connectivity index (χ0n) is 12.4. The van der Waals surface area contributed by atoms with Crippen LogP contribution in [0.25, 0.3) is 5.69 Å². The number of nitrogens with zero attached hydrogens (tertiary/aromatic N) is 3. The van der Waals surface area contributed by atoms with E-state index in [-0.39, 0.29) is 5.91 Å². The van der Waals surface area contributed by atoms with Crippen LogP contribution in [0.2, 0.25) is 0 Å². The summed E-state index contributed by atoms with van der Waals surface area (Å²) in [6.07, 6.45) is 4.66. The summed E-state index contributed by atoms with van der Waals surface area (Å²) in [5.41, 5.74) is 7.08. The summed E-state index contributed by atoms with van der Waals surface area (Å²) in [4.78, 5) is 16.0. The average Bonchev–Trinajstić information content (AvgIpc) is 2.99. The molecule has 0 aliphatic carbocycles. The molecule has 0 saturated carbocycles. The predicted molar refractivity (Wildman–Crippen MR) is 80.7 cm³/mol. The zero-order chi connectivity index (χ0) is 15.3. The smallest absolute Gasteiger partial charge is 0.240 e. The van der Waals surface area contributed by atoms with Gasteiger partial charge in [-0.2, -0.15) is 5.10 Å². The van der Waals surface area contributed by atoms with Crippen LogP contribution in [-0.2, 0) is 11.3 Å². The highest BCUT2D eigenvalue weighted by Gasteiger charge is 2.26.